The van der Waals surface area contributed by atoms with Gasteiger partial charge in [-0.1, -0.05) is 153 Å². The molecular formula is C45H35NSi. The van der Waals surface area contributed by atoms with Crippen molar-refractivity contribution in [2.24, 2.45) is 0 Å². The first kappa shape index (κ1) is 27.8. The van der Waals surface area contributed by atoms with E-state index in [0.29, 0.717) is 0 Å². The first-order valence-corrected chi connectivity index (χ1v) is 19.5. The van der Waals surface area contributed by atoms with E-state index in [1.165, 1.54) is 60.6 Å². The second-order valence-electron chi connectivity index (χ2n) is 13.3. The van der Waals surface area contributed by atoms with Crippen LogP contribution in [-0.2, 0) is 5.41 Å². The molecular weight excluding hydrogens is 583 g/mol. The number of hydrogen-bond donors (Lipinski definition) is 0. The Morgan fingerprint density at radius 2 is 0.851 bits per heavy atom. The van der Waals surface area contributed by atoms with Gasteiger partial charge in [-0.15, -0.1) is 0 Å². The lowest BCUT2D eigenvalue weighted by Gasteiger charge is -2.34. The highest BCUT2D eigenvalue weighted by Crippen LogP contribution is 2.56. The van der Waals surface area contributed by atoms with Crippen molar-refractivity contribution in [1.29, 1.82) is 0 Å². The van der Waals surface area contributed by atoms with Crippen LogP contribution in [0.15, 0.2) is 176 Å². The fraction of sp³-hybridized carbons (Fsp3) is 0.0667. The van der Waals surface area contributed by atoms with Gasteiger partial charge in [0.25, 0.3) is 0 Å². The van der Waals surface area contributed by atoms with Gasteiger partial charge in [-0.2, -0.15) is 0 Å². The Balaban J connectivity index is 1.22. The molecule has 0 unspecified atom stereocenters. The molecule has 0 fully saturated rings. The summed E-state index contributed by atoms with van der Waals surface area (Å²) in [6.45, 7) is 4.98. The lowest BCUT2D eigenvalue weighted by molar-refractivity contribution is 0.768. The van der Waals surface area contributed by atoms with Crippen molar-refractivity contribution in [3.05, 3.63) is 198 Å². The van der Waals surface area contributed by atoms with Crippen molar-refractivity contribution in [3.8, 4) is 22.3 Å². The Bertz CT molecular complexity index is 2220. The molecule has 1 aliphatic carbocycles. The molecule has 9 rings (SSSR count). The van der Waals surface area contributed by atoms with Crippen LogP contribution in [0.2, 0.25) is 13.1 Å². The van der Waals surface area contributed by atoms with Gasteiger partial charge >= 0.3 is 0 Å². The second kappa shape index (κ2) is 10.6. The van der Waals surface area contributed by atoms with E-state index in [-0.39, 0.29) is 0 Å². The van der Waals surface area contributed by atoms with Gasteiger partial charge in [0, 0.05) is 17.1 Å². The van der Waals surface area contributed by atoms with Crippen LogP contribution >= 0.6 is 0 Å². The minimum atomic E-state index is -1.83. The Labute approximate surface area is 278 Å². The zero-order valence-electron chi connectivity index (χ0n) is 26.7. The largest absolute Gasteiger partial charge is 0.311 e. The monoisotopic (exact) mass is 617 g/mol. The summed E-state index contributed by atoms with van der Waals surface area (Å²) in [5.41, 5.74) is 13.8. The molecule has 0 atom stereocenters. The first-order chi connectivity index (χ1) is 23.1. The highest BCUT2D eigenvalue weighted by molar-refractivity contribution is 7.03. The summed E-state index contributed by atoms with van der Waals surface area (Å²) in [6, 6.07) is 65.2. The summed E-state index contributed by atoms with van der Waals surface area (Å²) in [4.78, 5) is 2.42. The summed E-state index contributed by atoms with van der Waals surface area (Å²) in [6.07, 6.45) is 0. The van der Waals surface area contributed by atoms with Gasteiger partial charge in [0.05, 0.1) is 5.41 Å². The van der Waals surface area contributed by atoms with Gasteiger partial charge < -0.3 is 4.90 Å². The minimum absolute atomic E-state index is 0.403. The second-order valence-corrected chi connectivity index (χ2v) is 17.7. The molecule has 2 aliphatic rings. The van der Waals surface area contributed by atoms with E-state index in [9.17, 15) is 0 Å². The number of anilines is 3. The van der Waals surface area contributed by atoms with Crippen molar-refractivity contribution in [1.82, 2.24) is 0 Å². The number of rotatable bonds is 5. The topological polar surface area (TPSA) is 3.24 Å². The summed E-state index contributed by atoms with van der Waals surface area (Å²) in [5.74, 6) is 0. The molecule has 0 N–H and O–H groups in total. The van der Waals surface area contributed by atoms with Gasteiger partial charge in [0.2, 0.25) is 0 Å². The van der Waals surface area contributed by atoms with Crippen molar-refractivity contribution < 1.29 is 0 Å². The van der Waals surface area contributed by atoms with Crippen LogP contribution in [0.5, 0.6) is 0 Å². The minimum Gasteiger partial charge on any atom is -0.311 e. The smallest absolute Gasteiger partial charge is 0.113 e. The van der Waals surface area contributed by atoms with Crippen molar-refractivity contribution in [2.45, 2.75) is 18.5 Å². The number of benzene rings is 7. The number of fused-ring (bicyclic) bond motifs is 6. The van der Waals surface area contributed by atoms with Crippen LogP contribution < -0.4 is 15.3 Å². The van der Waals surface area contributed by atoms with Gasteiger partial charge in [0.1, 0.15) is 8.07 Å². The third-order valence-electron chi connectivity index (χ3n) is 10.6. The van der Waals surface area contributed by atoms with E-state index < -0.39 is 13.5 Å². The zero-order valence-corrected chi connectivity index (χ0v) is 27.7. The lowest BCUT2D eigenvalue weighted by atomic mass is 9.68. The number of hydrogen-bond acceptors (Lipinski definition) is 1. The molecule has 0 amide bonds. The molecule has 1 nitrogen and oxygen atoms in total. The molecule has 7 aromatic carbocycles. The van der Waals surface area contributed by atoms with Crippen LogP contribution in [0.3, 0.4) is 0 Å². The Morgan fingerprint density at radius 1 is 0.383 bits per heavy atom. The van der Waals surface area contributed by atoms with Crippen LogP contribution in [0, 0.1) is 0 Å². The van der Waals surface area contributed by atoms with Crippen molar-refractivity contribution >= 4 is 35.5 Å². The summed E-state index contributed by atoms with van der Waals surface area (Å²) in [7, 11) is -1.83. The predicted octanol–water partition coefficient (Wildman–Crippen LogP) is 10.3. The maximum atomic E-state index is 2.49. The van der Waals surface area contributed by atoms with Crippen molar-refractivity contribution in [3.63, 3.8) is 0 Å². The van der Waals surface area contributed by atoms with E-state index in [1.807, 2.05) is 0 Å². The molecule has 0 bridgehead atoms. The lowest BCUT2D eigenvalue weighted by Crippen LogP contribution is -2.49. The molecule has 0 saturated carbocycles. The molecule has 1 aliphatic heterocycles. The van der Waals surface area contributed by atoms with E-state index in [1.54, 1.807) is 0 Å². The molecule has 7 aromatic rings. The number of nitrogens with zero attached hydrogens (tertiary/aromatic N) is 1. The average Bonchev–Trinajstić information content (AvgIpc) is 3.56. The van der Waals surface area contributed by atoms with Crippen molar-refractivity contribution in [2.75, 3.05) is 4.90 Å². The fourth-order valence-corrected chi connectivity index (χ4v) is 11.5. The zero-order chi connectivity index (χ0) is 31.6. The molecule has 1 heterocycles. The van der Waals surface area contributed by atoms with Gasteiger partial charge in [-0.05, 0) is 91.3 Å². The number of para-hydroxylation sites is 1. The Hall–Kier alpha value is -5.44. The van der Waals surface area contributed by atoms with E-state index in [4.69, 9.17) is 0 Å². The average molecular weight is 618 g/mol. The summed E-state index contributed by atoms with van der Waals surface area (Å²) >= 11 is 0. The van der Waals surface area contributed by atoms with Crippen LogP contribution in [0.4, 0.5) is 17.1 Å². The van der Waals surface area contributed by atoms with E-state index >= 15 is 0 Å². The standard InChI is InChI=1S/C45H35NSi/c1-47(2)43-24-14-11-21-39(43)40-30-29-36(31-44(40)47)46(34-17-7-4-8-18-34)35-27-25-33(26-28-35)45(32-15-5-3-6-16-32)41-22-12-9-19-37(41)38-20-10-13-23-42(38)45/h3-31H,1-2H3. The fourth-order valence-electron chi connectivity index (χ4n) is 8.43. The maximum Gasteiger partial charge on any atom is 0.113 e. The van der Waals surface area contributed by atoms with E-state index in [0.717, 1.165) is 11.4 Å². The van der Waals surface area contributed by atoms with E-state index in [2.05, 4.69) is 194 Å². The maximum absolute atomic E-state index is 2.49. The third kappa shape index (κ3) is 4.01. The third-order valence-corrected chi connectivity index (χ3v) is 14.1. The molecule has 224 valence electrons. The molecule has 0 saturated heterocycles. The SMILES string of the molecule is C[Si]1(C)c2ccccc2-c2ccc(N(c3ccccc3)c3ccc(C4(c5ccccc5)c5ccccc5-c5ccccc54)cc3)cc21. The van der Waals surface area contributed by atoms with Gasteiger partial charge in [-0.25, -0.2) is 0 Å². The summed E-state index contributed by atoms with van der Waals surface area (Å²) in [5, 5.41) is 3.04. The highest BCUT2D eigenvalue weighted by atomic mass is 28.3. The van der Waals surface area contributed by atoms with Gasteiger partial charge in [0.15, 0.2) is 0 Å². The molecule has 0 aromatic heterocycles. The van der Waals surface area contributed by atoms with Crippen LogP contribution in [0.25, 0.3) is 22.3 Å². The molecule has 0 radical (unpaired) electrons. The molecule has 47 heavy (non-hydrogen) atoms. The molecule has 2 heteroatoms. The first-order valence-electron chi connectivity index (χ1n) is 16.5. The predicted molar refractivity (Wildman–Crippen MR) is 201 cm³/mol. The normalized spacial score (nSPS) is 14.5. The van der Waals surface area contributed by atoms with Crippen LogP contribution in [0.1, 0.15) is 22.3 Å². The van der Waals surface area contributed by atoms with Gasteiger partial charge in [-0.3, -0.25) is 0 Å². The van der Waals surface area contributed by atoms with Crippen LogP contribution in [-0.4, -0.2) is 8.07 Å². The molecule has 0 spiro atoms. The highest BCUT2D eigenvalue weighted by Gasteiger charge is 2.46. The summed E-state index contributed by atoms with van der Waals surface area (Å²) < 4.78 is 0. The Kier molecular flexibility index (Phi) is 6.25. The Morgan fingerprint density at radius 3 is 1.51 bits per heavy atom. The quantitative estimate of drug-likeness (QED) is 0.174.